The number of nitrogens with zero attached hydrogens (tertiary/aromatic N) is 1. The van der Waals surface area contributed by atoms with Gasteiger partial charge in [-0.05, 0) is 24.1 Å². The molecule has 0 aliphatic carbocycles. The maximum atomic E-state index is 11.8. The average molecular weight is 339 g/mol. The van der Waals surface area contributed by atoms with E-state index in [1.54, 1.807) is 12.1 Å². The van der Waals surface area contributed by atoms with E-state index in [0.29, 0.717) is 30.8 Å². The van der Waals surface area contributed by atoms with Crippen molar-refractivity contribution in [3.63, 3.8) is 0 Å². The van der Waals surface area contributed by atoms with Crippen LogP contribution in [-0.4, -0.2) is 37.3 Å². The summed E-state index contributed by atoms with van der Waals surface area (Å²) in [4.78, 5) is 28.1. The largest absolute Gasteiger partial charge is 0.469 e. The van der Waals surface area contributed by atoms with Gasteiger partial charge in [0.2, 0.25) is 5.91 Å². The molecule has 0 bridgehead atoms. The first kappa shape index (κ1) is 17.3. The van der Waals surface area contributed by atoms with Gasteiger partial charge in [-0.2, -0.15) is 0 Å². The van der Waals surface area contributed by atoms with E-state index in [4.69, 9.17) is 16.4 Å². The number of hydrogen-bond acceptors (Lipinski definition) is 5. The Morgan fingerprint density at radius 3 is 2.83 bits per heavy atom. The Balaban J connectivity index is 1.69. The maximum Gasteiger partial charge on any atom is 0.305 e. The molecule has 0 spiro atoms. The van der Waals surface area contributed by atoms with Crippen LogP contribution >= 0.6 is 11.6 Å². The van der Waals surface area contributed by atoms with Crippen LogP contribution in [0.4, 0.5) is 0 Å². The highest BCUT2D eigenvalue weighted by Gasteiger charge is 2.24. The van der Waals surface area contributed by atoms with E-state index in [1.807, 2.05) is 12.1 Å². The second kappa shape index (κ2) is 8.53. The highest BCUT2D eigenvalue weighted by molar-refractivity contribution is 6.30. The number of oxime groups is 1. The van der Waals surface area contributed by atoms with Crippen LogP contribution in [0.25, 0.3) is 0 Å². The van der Waals surface area contributed by atoms with E-state index in [0.717, 1.165) is 11.3 Å². The summed E-state index contributed by atoms with van der Waals surface area (Å²) in [6, 6.07) is 7.33. The predicted molar refractivity (Wildman–Crippen MR) is 86.4 cm³/mol. The van der Waals surface area contributed by atoms with Crippen molar-refractivity contribution >= 4 is 29.2 Å². The molecule has 1 heterocycles. The van der Waals surface area contributed by atoms with Gasteiger partial charge in [0.15, 0.2) is 0 Å². The van der Waals surface area contributed by atoms with Crippen LogP contribution in [-0.2, 0) is 19.2 Å². The summed E-state index contributed by atoms with van der Waals surface area (Å²) in [5.74, 6) is -0.396. The topological polar surface area (TPSA) is 77.0 Å². The number of carbonyl (C=O) groups is 2. The van der Waals surface area contributed by atoms with E-state index in [9.17, 15) is 9.59 Å². The molecule has 0 saturated heterocycles. The van der Waals surface area contributed by atoms with Gasteiger partial charge in [-0.25, -0.2) is 0 Å². The molecule has 124 valence electrons. The van der Waals surface area contributed by atoms with Crippen molar-refractivity contribution in [3.8, 4) is 0 Å². The van der Waals surface area contributed by atoms with Gasteiger partial charge in [-0.15, -0.1) is 0 Å². The lowest BCUT2D eigenvalue weighted by Crippen LogP contribution is -2.28. The van der Waals surface area contributed by atoms with Crippen LogP contribution in [0.2, 0.25) is 5.02 Å². The number of hydrogen-bond donors (Lipinski definition) is 1. The molecule has 1 aromatic rings. The van der Waals surface area contributed by atoms with Crippen molar-refractivity contribution in [3.05, 3.63) is 34.9 Å². The van der Waals surface area contributed by atoms with Crippen molar-refractivity contribution < 1.29 is 19.2 Å². The van der Waals surface area contributed by atoms with Crippen molar-refractivity contribution in [2.24, 2.45) is 5.16 Å². The van der Waals surface area contributed by atoms with E-state index in [2.05, 4.69) is 15.2 Å². The highest BCUT2D eigenvalue weighted by atomic mass is 35.5. The standard InChI is InChI=1S/C16H19ClN2O4/c1-22-16(21)3-2-8-18-15(20)10-13-9-14(19-23-13)11-4-6-12(17)7-5-11/h4-7,13H,2-3,8-10H2,1H3,(H,18,20). The molecular weight excluding hydrogens is 320 g/mol. The molecule has 1 aliphatic rings. The second-order valence-electron chi connectivity index (χ2n) is 5.21. The quantitative estimate of drug-likeness (QED) is 0.611. The second-order valence-corrected chi connectivity index (χ2v) is 5.65. The normalized spacial score (nSPS) is 16.4. The number of amides is 1. The minimum Gasteiger partial charge on any atom is -0.469 e. The number of benzene rings is 1. The lowest BCUT2D eigenvalue weighted by Gasteiger charge is -2.08. The molecule has 23 heavy (non-hydrogen) atoms. The zero-order valence-electron chi connectivity index (χ0n) is 12.9. The summed E-state index contributed by atoms with van der Waals surface area (Å²) in [7, 11) is 1.34. The molecule has 0 radical (unpaired) electrons. The van der Waals surface area contributed by atoms with Crippen molar-refractivity contribution in [1.82, 2.24) is 5.32 Å². The third-order valence-corrected chi connectivity index (χ3v) is 3.68. The summed E-state index contributed by atoms with van der Waals surface area (Å²) in [6.07, 6.45) is 1.40. The molecule has 6 nitrogen and oxygen atoms in total. The van der Waals surface area contributed by atoms with Gasteiger partial charge in [0.05, 0.1) is 19.2 Å². The first-order valence-electron chi connectivity index (χ1n) is 7.40. The molecule has 0 saturated carbocycles. The van der Waals surface area contributed by atoms with Crippen molar-refractivity contribution in [1.29, 1.82) is 0 Å². The summed E-state index contributed by atoms with van der Waals surface area (Å²) < 4.78 is 4.53. The maximum absolute atomic E-state index is 11.8. The number of ether oxygens (including phenoxy) is 1. The first-order chi connectivity index (χ1) is 11.1. The fourth-order valence-electron chi connectivity index (χ4n) is 2.19. The molecule has 1 aromatic carbocycles. The lowest BCUT2D eigenvalue weighted by atomic mass is 10.0. The number of halogens is 1. The van der Waals surface area contributed by atoms with Crippen molar-refractivity contribution in [2.45, 2.75) is 31.8 Å². The van der Waals surface area contributed by atoms with Gasteiger partial charge in [-0.1, -0.05) is 28.9 Å². The van der Waals surface area contributed by atoms with Crippen LogP contribution in [0.5, 0.6) is 0 Å². The number of carbonyl (C=O) groups excluding carboxylic acids is 2. The summed E-state index contributed by atoms with van der Waals surface area (Å²) in [5, 5.41) is 7.45. The van der Waals surface area contributed by atoms with Crippen LogP contribution < -0.4 is 5.32 Å². The van der Waals surface area contributed by atoms with Gasteiger partial charge in [0.25, 0.3) is 0 Å². The third kappa shape index (κ3) is 5.56. The van der Waals surface area contributed by atoms with Gasteiger partial charge in [0.1, 0.15) is 6.10 Å². The molecule has 1 N–H and O–H groups in total. The number of nitrogens with one attached hydrogen (secondary N) is 1. The zero-order chi connectivity index (χ0) is 16.7. The zero-order valence-corrected chi connectivity index (χ0v) is 13.6. The smallest absolute Gasteiger partial charge is 0.305 e. The van der Waals surface area contributed by atoms with E-state index in [-0.39, 0.29) is 24.4 Å². The molecule has 1 atom stereocenters. The minimum atomic E-state index is -0.278. The average Bonchev–Trinajstić information content (AvgIpc) is 3.00. The van der Waals surface area contributed by atoms with E-state index < -0.39 is 0 Å². The number of rotatable bonds is 7. The Hall–Kier alpha value is -2.08. The first-order valence-corrected chi connectivity index (χ1v) is 7.78. The lowest BCUT2D eigenvalue weighted by molar-refractivity contribution is -0.140. The van der Waals surface area contributed by atoms with Gasteiger partial charge >= 0.3 is 5.97 Å². The fraction of sp³-hybridized carbons (Fsp3) is 0.438. The predicted octanol–water partition coefficient (Wildman–Crippen LogP) is 2.29. The number of esters is 1. The Kier molecular flexibility index (Phi) is 6.40. The molecule has 7 heteroatoms. The molecule has 1 aliphatic heterocycles. The Labute approximate surface area is 139 Å². The van der Waals surface area contributed by atoms with E-state index >= 15 is 0 Å². The third-order valence-electron chi connectivity index (χ3n) is 3.43. The molecule has 1 amide bonds. The van der Waals surface area contributed by atoms with Crippen LogP contribution in [0.3, 0.4) is 0 Å². The van der Waals surface area contributed by atoms with Gasteiger partial charge < -0.3 is 14.9 Å². The van der Waals surface area contributed by atoms with Crippen LogP contribution in [0, 0.1) is 0 Å². The molecule has 2 rings (SSSR count). The summed E-state index contributed by atoms with van der Waals surface area (Å²) >= 11 is 5.85. The van der Waals surface area contributed by atoms with Gasteiger partial charge in [0, 0.05) is 24.4 Å². The molecule has 0 aromatic heterocycles. The molecule has 1 unspecified atom stereocenters. The van der Waals surface area contributed by atoms with Gasteiger partial charge in [-0.3, -0.25) is 9.59 Å². The van der Waals surface area contributed by atoms with E-state index in [1.165, 1.54) is 7.11 Å². The molecule has 0 fully saturated rings. The molecular formula is C16H19ClN2O4. The Morgan fingerprint density at radius 1 is 1.39 bits per heavy atom. The fourth-order valence-corrected chi connectivity index (χ4v) is 2.32. The summed E-state index contributed by atoms with van der Waals surface area (Å²) in [6.45, 7) is 0.436. The Bertz CT molecular complexity index is 586. The monoisotopic (exact) mass is 338 g/mol. The highest BCUT2D eigenvalue weighted by Crippen LogP contribution is 2.20. The minimum absolute atomic E-state index is 0.118. The number of methoxy groups -OCH3 is 1. The Morgan fingerprint density at radius 2 is 2.13 bits per heavy atom. The summed E-state index contributed by atoms with van der Waals surface area (Å²) in [5.41, 5.74) is 1.75. The van der Waals surface area contributed by atoms with Crippen LogP contribution in [0.1, 0.15) is 31.2 Å². The van der Waals surface area contributed by atoms with Crippen LogP contribution in [0.15, 0.2) is 29.4 Å². The van der Waals surface area contributed by atoms with Crippen molar-refractivity contribution in [2.75, 3.05) is 13.7 Å². The SMILES string of the molecule is COC(=O)CCCNC(=O)CC1CC(c2ccc(Cl)cc2)=NO1.